The molecule has 0 aliphatic carbocycles. The van der Waals surface area contributed by atoms with Crippen LogP contribution in [0, 0.1) is 5.92 Å². The number of allylic oxidation sites excluding steroid dienone is 4. The van der Waals surface area contributed by atoms with Gasteiger partial charge >= 0.3 is 29.6 Å². The Morgan fingerprint density at radius 1 is 1.00 bits per heavy atom. The third-order valence-electron chi connectivity index (χ3n) is 2.73. The third kappa shape index (κ3) is 5.14. The minimum Gasteiger partial charge on any atom is -0.858 e. The average Bonchev–Trinajstić information content (AvgIpc) is 2.42. The van der Waals surface area contributed by atoms with Gasteiger partial charge in [-0.2, -0.15) is 0 Å². The number of carbonyl (C=O) groups is 3. The van der Waals surface area contributed by atoms with Gasteiger partial charge in [-0.15, -0.1) is 0 Å². The van der Waals surface area contributed by atoms with E-state index in [9.17, 15) is 19.5 Å². The van der Waals surface area contributed by atoms with Crippen molar-refractivity contribution < 1.29 is 49.0 Å². The molecule has 0 spiro atoms. The molecule has 0 aromatic heterocycles. The Morgan fingerprint density at radius 3 is 2.21 bits per heavy atom. The summed E-state index contributed by atoms with van der Waals surface area (Å²) in [6.45, 7) is 0. The molecular weight excluding hydrogens is 363 g/mol. The van der Waals surface area contributed by atoms with Gasteiger partial charge in [0.1, 0.15) is 5.92 Å². The van der Waals surface area contributed by atoms with Crippen LogP contribution < -0.4 is 50.6 Å². The maximum absolute atomic E-state index is 11.6. The van der Waals surface area contributed by atoms with Gasteiger partial charge in [0.2, 0.25) is 11.8 Å². The first-order valence-electron chi connectivity index (χ1n) is 6.20. The fourth-order valence-corrected chi connectivity index (χ4v) is 2.06. The fraction of sp³-hybridized carbons (Fsp3) is 0.0769. The monoisotopic (exact) mass is 372 g/mol. The van der Waals surface area contributed by atoms with E-state index in [4.69, 9.17) is 0 Å². The first kappa shape index (κ1) is 20.3. The van der Waals surface area contributed by atoms with E-state index in [1.54, 1.807) is 0 Å². The topological polar surface area (TPSA) is 123 Å². The summed E-state index contributed by atoms with van der Waals surface area (Å²) in [6.07, 6.45) is 6.89. The molecule has 2 aliphatic rings. The van der Waals surface area contributed by atoms with Gasteiger partial charge in [-0.05, 0) is 30.5 Å². The van der Waals surface area contributed by atoms with Gasteiger partial charge in [-0.3, -0.25) is 19.7 Å². The molecule has 1 saturated heterocycles. The zero-order chi connectivity index (χ0) is 17.0. The summed E-state index contributed by atoms with van der Waals surface area (Å²) in [7, 11) is 0. The van der Waals surface area contributed by atoms with Gasteiger partial charge in [0.05, 0.1) is 5.57 Å². The average molecular weight is 372 g/mol. The van der Waals surface area contributed by atoms with Crippen molar-refractivity contribution in [2.45, 2.75) is 0 Å². The van der Waals surface area contributed by atoms with Crippen LogP contribution in [0.3, 0.4) is 0 Å². The van der Waals surface area contributed by atoms with Crippen LogP contribution in [0.2, 0.25) is 0 Å². The van der Waals surface area contributed by atoms with E-state index in [0.29, 0.717) is 0 Å². The van der Waals surface area contributed by atoms with Crippen molar-refractivity contribution >= 4 is 58.3 Å². The standard InChI is InChI=1S/C13H10N4O4S2.Na/c18-8-6(9(19)15-12(22)14-8)4-2-1-3-5-7-10(20)16-13(23)17-11(7)21;/h1-6H,(H2,14,15,18,19,22)(H2,16,17,20,21,23);/q;+1/p-1/b3-1+,4-2+;. The van der Waals surface area contributed by atoms with Crippen molar-refractivity contribution in [1.82, 2.24) is 16.0 Å². The molecule has 0 aromatic rings. The molecule has 2 aliphatic heterocycles. The summed E-state index contributed by atoms with van der Waals surface area (Å²) in [4.78, 5) is 38.1. The molecule has 2 rings (SSSR count). The van der Waals surface area contributed by atoms with Gasteiger partial charge < -0.3 is 15.7 Å². The molecule has 24 heavy (non-hydrogen) atoms. The second-order valence-corrected chi connectivity index (χ2v) is 5.11. The quantitative estimate of drug-likeness (QED) is 0.151. The van der Waals surface area contributed by atoms with Crippen LogP contribution in [0.25, 0.3) is 0 Å². The Bertz CT molecular complexity index is 722. The molecule has 3 N–H and O–H groups in total. The first-order valence-corrected chi connectivity index (χ1v) is 7.02. The molecule has 0 aromatic carbocycles. The zero-order valence-corrected chi connectivity index (χ0v) is 16.0. The van der Waals surface area contributed by atoms with E-state index in [1.165, 1.54) is 30.4 Å². The van der Waals surface area contributed by atoms with Crippen molar-refractivity contribution in [3.63, 3.8) is 0 Å². The second-order valence-electron chi connectivity index (χ2n) is 4.31. The van der Waals surface area contributed by atoms with Crippen LogP contribution in [-0.2, 0) is 14.4 Å². The second kappa shape index (κ2) is 8.94. The summed E-state index contributed by atoms with van der Waals surface area (Å²) in [6, 6.07) is 0. The Hall–Kier alpha value is -1.72. The third-order valence-corrected chi connectivity index (χ3v) is 3.12. The number of rotatable bonds is 3. The molecule has 0 unspecified atom stereocenters. The van der Waals surface area contributed by atoms with Crippen molar-refractivity contribution in [2.24, 2.45) is 10.9 Å². The molecule has 0 bridgehead atoms. The smallest absolute Gasteiger partial charge is 0.858 e. The molecule has 118 valence electrons. The van der Waals surface area contributed by atoms with Crippen LogP contribution in [0.1, 0.15) is 0 Å². The van der Waals surface area contributed by atoms with E-state index in [2.05, 4.69) is 45.4 Å². The van der Waals surface area contributed by atoms with Crippen LogP contribution in [0.15, 0.2) is 40.9 Å². The van der Waals surface area contributed by atoms with Crippen molar-refractivity contribution in [3.05, 3.63) is 36.0 Å². The van der Waals surface area contributed by atoms with E-state index < -0.39 is 29.5 Å². The van der Waals surface area contributed by atoms with Gasteiger partial charge in [0.15, 0.2) is 10.2 Å². The van der Waals surface area contributed by atoms with Gasteiger partial charge in [0, 0.05) is 5.90 Å². The number of hydrogen-bond acceptors (Lipinski definition) is 6. The number of nitrogens with one attached hydrogen (secondary N) is 3. The summed E-state index contributed by atoms with van der Waals surface area (Å²) in [5, 5.41) is 18.2. The predicted molar refractivity (Wildman–Crippen MR) is 86.9 cm³/mol. The maximum Gasteiger partial charge on any atom is 1.00 e. The maximum atomic E-state index is 11.6. The first-order chi connectivity index (χ1) is 10.9. The van der Waals surface area contributed by atoms with Crippen LogP contribution in [-0.4, -0.2) is 33.8 Å². The SMILES string of the molecule is O=C1NC(=S)N=C([O-])/C1=C/C=C/C=C/C1C(=O)NC(=S)NC1=O.[Na+]. The van der Waals surface area contributed by atoms with Gasteiger partial charge in [-0.25, -0.2) is 4.99 Å². The van der Waals surface area contributed by atoms with Crippen LogP contribution >= 0.6 is 24.4 Å². The summed E-state index contributed by atoms with van der Waals surface area (Å²) in [5.41, 5.74) is -0.165. The van der Waals surface area contributed by atoms with E-state index in [-0.39, 0.29) is 45.4 Å². The minimum absolute atomic E-state index is 0. The fourth-order valence-electron chi connectivity index (χ4n) is 1.68. The molecule has 3 amide bonds. The number of nitrogens with zero attached hydrogens (tertiary/aromatic N) is 1. The molecule has 11 heteroatoms. The van der Waals surface area contributed by atoms with Crippen molar-refractivity contribution in [2.75, 3.05) is 0 Å². The minimum atomic E-state index is -1.01. The van der Waals surface area contributed by atoms with Crippen LogP contribution in [0.4, 0.5) is 0 Å². The van der Waals surface area contributed by atoms with Crippen molar-refractivity contribution in [3.8, 4) is 0 Å². The van der Waals surface area contributed by atoms with E-state index in [0.717, 1.165) is 0 Å². The molecular formula is C13H9N4NaO4S2. The number of carbonyl (C=O) groups excluding carboxylic acids is 3. The number of aliphatic imine (C=N–C) groups is 1. The molecule has 2 heterocycles. The Kier molecular flexibility index (Phi) is 7.58. The molecule has 0 atom stereocenters. The van der Waals surface area contributed by atoms with E-state index >= 15 is 0 Å². The number of hydrogen-bond donors (Lipinski definition) is 3. The Balaban J connectivity index is 0.00000288. The summed E-state index contributed by atoms with van der Waals surface area (Å²) < 4.78 is 0. The van der Waals surface area contributed by atoms with Crippen LogP contribution in [0.5, 0.6) is 0 Å². The number of amides is 3. The van der Waals surface area contributed by atoms with Gasteiger partial charge in [0.25, 0.3) is 5.91 Å². The molecule has 8 nitrogen and oxygen atoms in total. The predicted octanol–water partition coefficient (Wildman–Crippen LogP) is -4.65. The zero-order valence-electron chi connectivity index (χ0n) is 12.4. The molecule has 0 radical (unpaired) electrons. The largest absolute Gasteiger partial charge is 1.00 e. The normalized spacial score (nSPS) is 20.8. The van der Waals surface area contributed by atoms with Gasteiger partial charge in [-0.1, -0.05) is 24.3 Å². The Morgan fingerprint density at radius 2 is 1.62 bits per heavy atom. The number of thiocarbonyl (C=S) groups is 2. The van der Waals surface area contributed by atoms with E-state index in [1.807, 2.05) is 0 Å². The summed E-state index contributed by atoms with van der Waals surface area (Å²) >= 11 is 9.28. The Labute approximate surface area is 169 Å². The molecule has 0 saturated carbocycles. The van der Waals surface area contributed by atoms with Crippen molar-refractivity contribution in [1.29, 1.82) is 0 Å². The summed E-state index contributed by atoms with van der Waals surface area (Å²) in [5.74, 6) is -3.44. The molecule has 1 fully saturated rings.